The number of methoxy groups -OCH3 is 1. The van der Waals surface area contributed by atoms with E-state index in [0.29, 0.717) is 19.6 Å². The highest BCUT2D eigenvalue weighted by atomic mass is 16.5. The Kier molecular flexibility index (Phi) is 4.59. The molecule has 1 aromatic heterocycles. The van der Waals surface area contributed by atoms with E-state index < -0.39 is 17.9 Å². The zero-order valence-electron chi connectivity index (χ0n) is 13.9. The van der Waals surface area contributed by atoms with E-state index in [4.69, 9.17) is 4.74 Å². The van der Waals surface area contributed by atoms with E-state index in [9.17, 15) is 14.4 Å². The van der Waals surface area contributed by atoms with Crippen molar-refractivity contribution in [1.29, 1.82) is 0 Å². The van der Waals surface area contributed by atoms with E-state index in [1.807, 2.05) is 16.8 Å². The average Bonchev–Trinajstić information content (AvgIpc) is 2.89. The molecule has 1 aromatic rings. The summed E-state index contributed by atoms with van der Waals surface area (Å²) in [6.45, 7) is 2.48. The van der Waals surface area contributed by atoms with E-state index >= 15 is 0 Å². The molecule has 0 aromatic carbocycles. The van der Waals surface area contributed by atoms with Crippen LogP contribution in [0.1, 0.15) is 36.9 Å². The minimum atomic E-state index is -0.541. The lowest BCUT2D eigenvalue weighted by atomic mass is 9.79. The molecule has 0 saturated heterocycles. The van der Waals surface area contributed by atoms with E-state index in [-0.39, 0.29) is 24.2 Å². The lowest BCUT2D eigenvalue weighted by Crippen LogP contribution is -2.44. The number of aromatic nitrogens is 1. The first kappa shape index (κ1) is 16.5. The Morgan fingerprint density at radius 2 is 2.21 bits per heavy atom. The first-order valence-corrected chi connectivity index (χ1v) is 8.26. The number of ketones is 1. The molecule has 1 aliphatic heterocycles. The summed E-state index contributed by atoms with van der Waals surface area (Å²) in [6, 6.07) is 1.68. The van der Waals surface area contributed by atoms with Gasteiger partial charge in [0.25, 0.3) is 0 Å². The SMILES string of the molecule is CCOC(=O)[C@H]1CC(=O)C2c3c(ccn3C1)CC[C@@H]2NC(=O)OC. The minimum Gasteiger partial charge on any atom is -0.466 e. The van der Waals surface area contributed by atoms with Crippen LogP contribution >= 0.6 is 0 Å². The van der Waals surface area contributed by atoms with Crippen molar-refractivity contribution in [1.82, 2.24) is 9.88 Å². The summed E-state index contributed by atoms with van der Waals surface area (Å²) in [6.07, 6.45) is 2.96. The molecule has 0 radical (unpaired) electrons. The molecule has 1 N–H and O–H groups in total. The van der Waals surface area contributed by atoms with Crippen LogP contribution in [-0.4, -0.2) is 42.2 Å². The van der Waals surface area contributed by atoms with Crippen LogP contribution in [0.25, 0.3) is 0 Å². The Morgan fingerprint density at radius 3 is 2.92 bits per heavy atom. The summed E-state index contributed by atoms with van der Waals surface area (Å²) in [7, 11) is 1.30. The first-order chi connectivity index (χ1) is 11.5. The second-order valence-corrected chi connectivity index (χ2v) is 6.26. The van der Waals surface area contributed by atoms with Crippen molar-refractivity contribution >= 4 is 17.8 Å². The van der Waals surface area contributed by atoms with Crippen molar-refractivity contribution in [2.45, 2.75) is 44.7 Å². The summed E-state index contributed by atoms with van der Waals surface area (Å²) in [5.41, 5.74) is 2.03. The quantitative estimate of drug-likeness (QED) is 0.844. The number of ether oxygens (including phenoxy) is 2. The molecule has 7 nitrogen and oxygen atoms in total. The molecule has 3 rings (SSSR count). The predicted octanol–water partition coefficient (Wildman–Crippen LogP) is 1.39. The van der Waals surface area contributed by atoms with Gasteiger partial charge in [-0.25, -0.2) is 4.79 Å². The summed E-state index contributed by atoms with van der Waals surface area (Å²) in [4.78, 5) is 36.6. The number of aryl methyl sites for hydroxylation is 1. The third-order valence-electron chi connectivity index (χ3n) is 4.84. The number of nitrogens with one attached hydrogen (secondary N) is 1. The van der Waals surface area contributed by atoms with Gasteiger partial charge in [-0.2, -0.15) is 0 Å². The molecule has 130 valence electrons. The smallest absolute Gasteiger partial charge is 0.407 e. The predicted molar refractivity (Wildman–Crippen MR) is 84.6 cm³/mol. The van der Waals surface area contributed by atoms with Gasteiger partial charge in [0.05, 0.1) is 25.6 Å². The van der Waals surface area contributed by atoms with Crippen LogP contribution in [0, 0.1) is 5.92 Å². The first-order valence-electron chi connectivity index (χ1n) is 8.26. The number of amides is 1. The van der Waals surface area contributed by atoms with Crippen molar-refractivity contribution in [2.24, 2.45) is 5.92 Å². The fraction of sp³-hybridized carbons (Fsp3) is 0.588. The van der Waals surface area contributed by atoms with Gasteiger partial charge in [-0.05, 0) is 31.4 Å². The molecule has 2 heterocycles. The van der Waals surface area contributed by atoms with Crippen LogP contribution in [-0.2, 0) is 32.0 Å². The van der Waals surface area contributed by atoms with Gasteiger partial charge in [0.1, 0.15) is 5.78 Å². The van der Waals surface area contributed by atoms with Crippen LogP contribution in [0.5, 0.6) is 0 Å². The Balaban J connectivity index is 1.93. The fourth-order valence-electron chi connectivity index (χ4n) is 3.78. The number of Topliss-reactive ketones (excluding diaryl/α,β-unsaturated/α-hetero) is 1. The third kappa shape index (κ3) is 2.90. The van der Waals surface area contributed by atoms with Crippen molar-refractivity contribution in [2.75, 3.05) is 13.7 Å². The number of hydrogen-bond donors (Lipinski definition) is 1. The zero-order chi connectivity index (χ0) is 17.3. The Labute approximate surface area is 140 Å². The summed E-state index contributed by atoms with van der Waals surface area (Å²) in [5.74, 6) is -1.31. The fourth-order valence-corrected chi connectivity index (χ4v) is 3.78. The monoisotopic (exact) mass is 334 g/mol. The molecule has 0 saturated carbocycles. The van der Waals surface area contributed by atoms with Crippen molar-refractivity contribution in [3.8, 4) is 0 Å². The molecule has 0 bridgehead atoms. The summed E-state index contributed by atoms with van der Waals surface area (Å²) < 4.78 is 11.8. The normalized spacial score (nSPS) is 25.4. The minimum absolute atomic E-state index is 0.0344. The van der Waals surface area contributed by atoms with Crippen LogP contribution in [0.4, 0.5) is 4.79 Å². The van der Waals surface area contributed by atoms with Crippen LogP contribution in [0.15, 0.2) is 12.3 Å². The van der Waals surface area contributed by atoms with Crippen molar-refractivity contribution in [3.05, 3.63) is 23.5 Å². The van der Waals surface area contributed by atoms with Gasteiger partial charge in [-0.1, -0.05) is 0 Å². The molecule has 2 aliphatic rings. The van der Waals surface area contributed by atoms with Gasteiger partial charge in [0.2, 0.25) is 0 Å². The topological polar surface area (TPSA) is 86.6 Å². The van der Waals surface area contributed by atoms with E-state index in [0.717, 1.165) is 17.7 Å². The number of rotatable bonds is 3. The summed E-state index contributed by atoms with van der Waals surface area (Å²) in [5, 5.41) is 2.78. The molecule has 3 atom stereocenters. The molecule has 7 heteroatoms. The molecule has 1 aliphatic carbocycles. The van der Waals surface area contributed by atoms with Gasteiger partial charge < -0.3 is 19.4 Å². The zero-order valence-corrected chi connectivity index (χ0v) is 13.9. The molecule has 0 fully saturated rings. The Morgan fingerprint density at radius 1 is 1.42 bits per heavy atom. The maximum atomic E-state index is 12.9. The number of esters is 1. The van der Waals surface area contributed by atoms with Crippen LogP contribution in [0.2, 0.25) is 0 Å². The molecule has 24 heavy (non-hydrogen) atoms. The highest BCUT2D eigenvalue weighted by Gasteiger charge is 2.42. The van der Waals surface area contributed by atoms with Crippen molar-refractivity contribution in [3.63, 3.8) is 0 Å². The van der Waals surface area contributed by atoms with E-state index in [2.05, 4.69) is 10.1 Å². The van der Waals surface area contributed by atoms with Gasteiger partial charge >= 0.3 is 12.1 Å². The largest absolute Gasteiger partial charge is 0.466 e. The molecular formula is C17H22N2O5. The summed E-state index contributed by atoms with van der Waals surface area (Å²) >= 11 is 0. The maximum absolute atomic E-state index is 12.9. The Bertz CT molecular complexity index is 666. The van der Waals surface area contributed by atoms with Gasteiger partial charge in [-0.15, -0.1) is 0 Å². The van der Waals surface area contributed by atoms with E-state index in [1.54, 1.807) is 6.92 Å². The molecule has 1 unspecified atom stereocenters. The van der Waals surface area contributed by atoms with E-state index in [1.165, 1.54) is 7.11 Å². The number of nitrogens with zero attached hydrogens (tertiary/aromatic N) is 1. The molecule has 0 spiro atoms. The Hall–Kier alpha value is -2.31. The lowest BCUT2D eigenvalue weighted by Gasteiger charge is -2.31. The van der Waals surface area contributed by atoms with Gasteiger partial charge in [-0.3, -0.25) is 9.59 Å². The number of carbonyl (C=O) groups excluding carboxylic acids is 3. The van der Waals surface area contributed by atoms with Crippen LogP contribution < -0.4 is 5.32 Å². The molecular weight excluding hydrogens is 312 g/mol. The number of alkyl carbamates (subject to hydrolysis) is 1. The van der Waals surface area contributed by atoms with Crippen molar-refractivity contribution < 1.29 is 23.9 Å². The standard InChI is InChI=1S/C17H22N2O5/c1-3-24-16(21)11-8-13(20)14-12(18-17(22)23-2)5-4-10-6-7-19(9-11)15(10)14/h6-7,11-12,14H,3-5,8-9H2,1-2H3,(H,18,22)/t11-,12-,14?/m0/s1. The second-order valence-electron chi connectivity index (χ2n) is 6.26. The highest BCUT2D eigenvalue weighted by molar-refractivity contribution is 5.91. The average molecular weight is 334 g/mol. The second kappa shape index (κ2) is 6.67. The highest BCUT2D eigenvalue weighted by Crippen LogP contribution is 2.38. The molecule has 1 amide bonds. The van der Waals surface area contributed by atoms with Gasteiger partial charge in [0.15, 0.2) is 0 Å². The number of carbonyl (C=O) groups is 3. The lowest BCUT2D eigenvalue weighted by molar-refractivity contribution is -0.150. The van der Waals surface area contributed by atoms with Gasteiger partial charge in [0, 0.05) is 30.9 Å². The maximum Gasteiger partial charge on any atom is 0.407 e. The number of hydrogen-bond acceptors (Lipinski definition) is 5. The van der Waals surface area contributed by atoms with Crippen LogP contribution in [0.3, 0.4) is 0 Å². The third-order valence-corrected chi connectivity index (χ3v) is 4.84.